The number of ether oxygens (including phenoxy) is 2. The normalized spacial score (nSPS) is 12.4. The monoisotopic (exact) mass is 458 g/mol. The number of carboxylic acids is 1. The van der Waals surface area contributed by atoms with Crippen molar-refractivity contribution in [2.24, 2.45) is 0 Å². The Bertz CT molecular complexity index is 934. The Morgan fingerprint density at radius 3 is 2.36 bits per heavy atom. The number of aromatic hydroxyl groups is 1. The van der Waals surface area contributed by atoms with Gasteiger partial charge >= 0.3 is 11.9 Å². The number of methoxy groups -OCH3 is 2. The molecule has 33 heavy (non-hydrogen) atoms. The Kier molecular flexibility index (Phi) is 10.2. The Morgan fingerprint density at radius 2 is 1.73 bits per heavy atom. The number of benzene rings is 2. The van der Waals surface area contributed by atoms with Crippen molar-refractivity contribution in [1.82, 2.24) is 10.6 Å². The van der Waals surface area contributed by atoms with Crippen LogP contribution in [0.5, 0.6) is 11.5 Å². The van der Waals surface area contributed by atoms with E-state index in [0.717, 1.165) is 11.1 Å². The van der Waals surface area contributed by atoms with Gasteiger partial charge in [0.15, 0.2) is 11.5 Å². The van der Waals surface area contributed by atoms with E-state index in [9.17, 15) is 24.6 Å². The average Bonchev–Trinajstić information content (AvgIpc) is 2.81. The van der Waals surface area contributed by atoms with Gasteiger partial charge in [-0.3, -0.25) is 9.59 Å². The largest absolute Gasteiger partial charge is 0.504 e. The summed E-state index contributed by atoms with van der Waals surface area (Å²) in [5.41, 5.74) is 1.76. The number of aliphatic carboxylic acids is 1. The Labute approximate surface area is 192 Å². The van der Waals surface area contributed by atoms with Gasteiger partial charge in [0, 0.05) is 6.42 Å². The van der Waals surface area contributed by atoms with Crippen molar-refractivity contribution in [3.63, 3.8) is 0 Å². The van der Waals surface area contributed by atoms with Crippen molar-refractivity contribution < 1.29 is 34.1 Å². The van der Waals surface area contributed by atoms with Crippen LogP contribution in [0.25, 0.3) is 0 Å². The molecule has 0 heterocycles. The summed E-state index contributed by atoms with van der Waals surface area (Å²) in [4.78, 5) is 36.3. The van der Waals surface area contributed by atoms with Gasteiger partial charge in [-0.25, -0.2) is 4.79 Å². The number of carboxylic acid groups (broad SMARTS) is 1. The fraction of sp³-hybridized carbons (Fsp3) is 0.375. The summed E-state index contributed by atoms with van der Waals surface area (Å²) >= 11 is 0. The number of hydrogen-bond donors (Lipinski definition) is 4. The molecule has 0 saturated heterocycles. The van der Waals surface area contributed by atoms with Crippen LogP contribution in [-0.2, 0) is 32.0 Å². The third-order valence-corrected chi connectivity index (χ3v) is 5.06. The number of amides is 1. The molecule has 9 heteroatoms. The van der Waals surface area contributed by atoms with E-state index in [2.05, 4.69) is 10.6 Å². The van der Waals surface area contributed by atoms with Crippen molar-refractivity contribution in [3.05, 3.63) is 59.7 Å². The predicted octanol–water partition coefficient (Wildman–Crippen LogP) is 1.67. The number of nitrogens with one attached hydrogen (secondary N) is 2. The van der Waals surface area contributed by atoms with Crippen LogP contribution in [0, 0.1) is 0 Å². The van der Waals surface area contributed by atoms with Crippen LogP contribution in [0.1, 0.15) is 24.0 Å². The Hall–Kier alpha value is -3.59. The van der Waals surface area contributed by atoms with Gasteiger partial charge < -0.3 is 30.3 Å². The third kappa shape index (κ3) is 8.46. The number of carbonyl (C=O) groups excluding carboxylic acids is 2. The molecular formula is C24H30N2O7. The molecule has 0 bridgehead atoms. The van der Waals surface area contributed by atoms with E-state index in [1.54, 1.807) is 18.2 Å². The van der Waals surface area contributed by atoms with E-state index in [4.69, 9.17) is 9.47 Å². The molecule has 0 aliphatic heterocycles. The zero-order valence-electron chi connectivity index (χ0n) is 18.7. The van der Waals surface area contributed by atoms with Crippen molar-refractivity contribution in [3.8, 4) is 11.5 Å². The highest BCUT2D eigenvalue weighted by Gasteiger charge is 2.27. The van der Waals surface area contributed by atoms with Crippen LogP contribution < -0.4 is 15.4 Å². The van der Waals surface area contributed by atoms with Crippen LogP contribution >= 0.6 is 0 Å². The summed E-state index contributed by atoms with van der Waals surface area (Å²) in [6.07, 6.45) is 1.03. The van der Waals surface area contributed by atoms with Gasteiger partial charge in [-0.2, -0.15) is 0 Å². The molecule has 0 radical (unpaired) electrons. The lowest BCUT2D eigenvalue weighted by atomic mass is 10.0. The minimum atomic E-state index is -1.14. The van der Waals surface area contributed by atoms with Gasteiger partial charge in [0.05, 0.1) is 26.7 Å². The summed E-state index contributed by atoms with van der Waals surface area (Å²) in [5.74, 6) is -1.91. The zero-order chi connectivity index (χ0) is 24.2. The molecule has 0 saturated carbocycles. The lowest BCUT2D eigenvalue weighted by Crippen LogP contribution is -2.52. The minimum absolute atomic E-state index is 0.0493. The topological polar surface area (TPSA) is 134 Å². The van der Waals surface area contributed by atoms with E-state index >= 15 is 0 Å². The molecule has 0 fully saturated rings. The van der Waals surface area contributed by atoms with E-state index in [0.29, 0.717) is 25.1 Å². The van der Waals surface area contributed by atoms with Crippen molar-refractivity contribution >= 4 is 17.8 Å². The van der Waals surface area contributed by atoms with Crippen LogP contribution in [0.2, 0.25) is 0 Å². The molecule has 0 aliphatic rings. The molecular weight excluding hydrogens is 428 g/mol. The maximum Gasteiger partial charge on any atom is 0.328 e. The van der Waals surface area contributed by atoms with Crippen LogP contribution in [0.3, 0.4) is 0 Å². The fourth-order valence-corrected chi connectivity index (χ4v) is 3.34. The maximum atomic E-state index is 12.8. The second-order valence-electron chi connectivity index (χ2n) is 7.49. The lowest BCUT2D eigenvalue weighted by molar-refractivity contribution is -0.145. The van der Waals surface area contributed by atoms with Crippen molar-refractivity contribution in [1.29, 1.82) is 0 Å². The third-order valence-electron chi connectivity index (χ3n) is 5.06. The number of carbonyl (C=O) groups is 3. The zero-order valence-corrected chi connectivity index (χ0v) is 18.7. The van der Waals surface area contributed by atoms with Crippen LogP contribution in [0.4, 0.5) is 0 Å². The first-order chi connectivity index (χ1) is 15.8. The van der Waals surface area contributed by atoms with Gasteiger partial charge in [-0.15, -0.1) is 0 Å². The highest BCUT2D eigenvalue weighted by atomic mass is 16.5. The predicted molar refractivity (Wildman–Crippen MR) is 121 cm³/mol. The lowest BCUT2D eigenvalue weighted by Gasteiger charge is -2.21. The van der Waals surface area contributed by atoms with E-state index in [-0.39, 0.29) is 12.2 Å². The SMILES string of the molecule is COC(=O)C(Cc1ccccc1)NC(=O)C(CC(=O)O)NCCCc1ccc(O)c(OC)c1. The smallest absolute Gasteiger partial charge is 0.328 e. The molecule has 0 spiro atoms. The van der Waals surface area contributed by atoms with Gasteiger partial charge in [0.2, 0.25) is 5.91 Å². The first kappa shape index (κ1) is 25.7. The van der Waals surface area contributed by atoms with Crippen molar-refractivity contribution in [2.45, 2.75) is 37.8 Å². The molecule has 1 amide bonds. The van der Waals surface area contributed by atoms with E-state index < -0.39 is 36.4 Å². The number of phenolic OH excluding ortho intramolecular Hbond substituents is 1. The van der Waals surface area contributed by atoms with Crippen LogP contribution in [-0.4, -0.2) is 60.9 Å². The Morgan fingerprint density at radius 1 is 1.00 bits per heavy atom. The van der Waals surface area contributed by atoms with Gasteiger partial charge in [0.25, 0.3) is 0 Å². The molecule has 2 atom stereocenters. The highest BCUT2D eigenvalue weighted by Crippen LogP contribution is 2.26. The molecule has 2 unspecified atom stereocenters. The van der Waals surface area contributed by atoms with E-state index in [1.807, 2.05) is 30.3 Å². The molecule has 0 aliphatic carbocycles. The summed E-state index contributed by atoms with van der Waals surface area (Å²) in [7, 11) is 2.70. The average molecular weight is 459 g/mol. The number of aryl methyl sites for hydroxylation is 1. The van der Waals surface area contributed by atoms with Gasteiger partial charge in [-0.05, 0) is 42.6 Å². The highest BCUT2D eigenvalue weighted by molar-refractivity contribution is 5.90. The summed E-state index contributed by atoms with van der Waals surface area (Å²) in [6.45, 7) is 0.371. The maximum absolute atomic E-state index is 12.8. The molecule has 4 N–H and O–H groups in total. The number of rotatable bonds is 13. The van der Waals surface area contributed by atoms with Crippen LogP contribution in [0.15, 0.2) is 48.5 Å². The molecule has 178 valence electrons. The van der Waals surface area contributed by atoms with Gasteiger partial charge in [-0.1, -0.05) is 36.4 Å². The molecule has 2 aromatic rings. The molecule has 2 aromatic carbocycles. The molecule has 9 nitrogen and oxygen atoms in total. The molecule has 0 aromatic heterocycles. The quantitative estimate of drug-likeness (QED) is 0.263. The molecule has 2 rings (SSSR count). The summed E-state index contributed by atoms with van der Waals surface area (Å²) < 4.78 is 9.89. The minimum Gasteiger partial charge on any atom is -0.504 e. The number of hydrogen-bond acceptors (Lipinski definition) is 7. The second kappa shape index (κ2) is 13.1. The Balaban J connectivity index is 1.96. The first-order valence-corrected chi connectivity index (χ1v) is 10.6. The number of phenols is 1. The van der Waals surface area contributed by atoms with E-state index in [1.165, 1.54) is 14.2 Å². The van der Waals surface area contributed by atoms with Gasteiger partial charge in [0.1, 0.15) is 6.04 Å². The first-order valence-electron chi connectivity index (χ1n) is 10.6. The standard InChI is InChI=1S/C24H30N2O7/c1-32-21-14-17(10-11-20(21)27)9-6-12-25-18(15-22(28)29)23(30)26-19(24(31)33-2)13-16-7-4-3-5-8-16/h3-5,7-8,10-11,14,18-19,25,27H,6,9,12-13,15H2,1-2H3,(H,26,30)(H,28,29). The summed E-state index contributed by atoms with van der Waals surface area (Å²) in [6, 6.07) is 12.2. The van der Waals surface area contributed by atoms with Crippen molar-refractivity contribution in [2.75, 3.05) is 20.8 Å². The summed E-state index contributed by atoms with van der Waals surface area (Å²) in [5, 5.41) is 24.5. The second-order valence-corrected chi connectivity index (χ2v) is 7.49. The fourth-order valence-electron chi connectivity index (χ4n) is 3.34. The number of esters is 1.